The Kier molecular flexibility index (Phi) is 6.51. The third-order valence-corrected chi connectivity index (χ3v) is 5.01. The van der Waals surface area contributed by atoms with Crippen LogP contribution in [0.1, 0.15) is 34.6 Å². The highest BCUT2D eigenvalue weighted by Gasteiger charge is 2.21. The van der Waals surface area contributed by atoms with Gasteiger partial charge in [-0.3, -0.25) is 9.59 Å². The summed E-state index contributed by atoms with van der Waals surface area (Å²) >= 11 is 0. The van der Waals surface area contributed by atoms with E-state index in [2.05, 4.69) is 10.6 Å². The number of ether oxygens (including phenoxy) is 1. The molecule has 2 amide bonds. The molecule has 1 atom stereocenters. The predicted octanol–water partition coefficient (Wildman–Crippen LogP) is 4.47. The number of hydrogen-bond acceptors (Lipinski definition) is 4. The summed E-state index contributed by atoms with van der Waals surface area (Å²) in [6, 6.07) is 25.7. The second-order valence-corrected chi connectivity index (χ2v) is 7.21. The summed E-state index contributed by atoms with van der Waals surface area (Å²) in [6.45, 7) is 2.12. The number of nitrogens with one attached hydrogen (secondary N) is 2. The Morgan fingerprint density at radius 1 is 0.938 bits per heavy atom. The van der Waals surface area contributed by atoms with Crippen LogP contribution in [0.2, 0.25) is 0 Å². The molecule has 0 aliphatic rings. The summed E-state index contributed by atoms with van der Waals surface area (Å²) in [5.41, 5.74) is 2.02. The molecule has 0 spiro atoms. The maximum Gasteiger partial charge on any atom is 0.255 e. The monoisotopic (exact) mass is 428 g/mol. The average molecular weight is 428 g/mol. The molecule has 0 aliphatic heterocycles. The van der Waals surface area contributed by atoms with Gasteiger partial charge in [0.1, 0.15) is 23.1 Å². The Hall–Kier alpha value is -4.06. The van der Waals surface area contributed by atoms with Gasteiger partial charge in [0.2, 0.25) is 5.91 Å². The highest BCUT2D eigenvalue weighted by atomic mass is 16.5. The van der Waals surface area contributed by atoms with Crippen LogP contribution in [0.15, 0.2) is 89.3 Å². The second-order valence-electron chi connectivity index (χ2n) is 7.21. The Balaban J connectivity index is 1.49. The molecule has 0 bridgehead atoms. The van der Waals surface area contributed by atoms with Gasteiger partial charge < -0.3 is 19.8 Å². The van der Waals surface area contributed by atoms with Crippen molar-refractivity contribution in [2.45, 2.75) is 13.0 Å². The number of rotatable bonds is 8. The third-order valence-electron chi connectivity index (χ3n) is 5.01. The molecule has 4 aromatic rings. The molecule has 0 saturated heterocycles. The number of carbonyl (C=O) groups is 2. The van der Waals surface area contributed by atoms with Crippen LogP contribution in [0, 0.1) is 0 Å². The predicted molar refractivity (Wildman–Crippen MR) is 123 cm³/mol. The molecule has 1 unspecified atom stereocenters. The highest BCUT2D eigenvalue weighted by Crippen LogP contribution is 2.28. The molecule has 32 heavy (non-hydrogen) atoms. The summed E-state index contributed by atoms with van der Waals surface area (Å²) in [5, 5.41) is 6.61. The number of carbonyl (C=O) groups excluding carboxylic acids is 2. The molecule has 2 N–H and O–H groups in total. The van der Waals surface area contributed by atoms with Gasteiger partial charge in [0, 0.05) is 5.39 Å². The van der Waals surface area contributed by atoms with Gasteiger partial charge in [0.25, 0.3) is 5.91 Å². The van der Waals surface area contributed by atoms with Gasteiger partial charge in [-0.2, -0.15) is 0 Å². The van der Waals surface area contributed by atoms with Crippen LogP contribution in [-0.2, 0) is 4.79 Å². The Morgan fingerprint density at radius 3 is 2.44 bits per heavy atom. The Labute approximate surface area is 186 Å². The number of benzene rings is 3. The molecule has 0 fully saturated rings. The van der Waals surface area contributed by atoms with Crippen molar-refractivity contribution in [3.05, 3.63) is 102 Å². The molecule has 1 heterocycles. The van der Waals surface area contributed by atoms with Crippen LogP contribution in [0.25, 0.3) is 11.0 Å². The van der Waals surface area contributed by atoms with Gasteiger partial charge in [-0.25, -0.2) is 0 Å². The topological polar surface area (TPSA) is 80.6 Å². The first-order valence-electron chi connectivity index (χ1n) is 10.5. The van der Waals surface area contributed by atoms with Crippen molar-refractivity contribution >= 4 is 22.8 Å². The fraction of sp³-hybridized carbons (Fsp3) is 0.154. The molecule has 3 aromatic carbocycles. The molecular weight excluding hydrogens is 404 g/mol. The molecule has 0 aliphatic carbocycles. The Morgan fingerprint density at radius 2 is 1.66 bits per heavy atom. The van der Waals surface area contributed by atoms with E-state index in [9.17, 15) is 9.59 Å². The molecule has 6 heteroatoms. The Bertz CT molecular complexity index is 1180. The van der Waals surface area contributed by atoms with Gasteiger partial charge in [-0.1, -0.05) is 60.7 Å². The maximum absolute atomic E-state index is 12.8. The van der Waals surface area contributed by atoms with E-state index in [0.29, 0.717) is 23.7 Å². The van der Waals surface area contributed by atoms with Gasteiger partial charge in [0.05, 0.1) is 18.7 Å². The SMILES string of the molecule is CCOc1ccccc1C(=O)NCC(=O)NC(c1ccccc1)c1cc2ccccc2o1. The molecule has 0 saturated carbocycles. The number of furan rings is 1. The van der Waals surface area contributed by atoms with Crippen LogP contribution < -0.4 is 15.4 Å². The summed E-state index contributed by atoms with van der Waals surface area (Å²) in [4.78, 5) is 25.4. The zero-order chi connectivity index (χ0) is 22.3. The summed E-state index contributed by atoms with van der Waals surface area (Å²) in [5.74, 6) is 0.405. The average Bonchev–Trinajstić information content (AvgIpc) is 3.26. The number of para-hydroxylation sites is 2. The molecule has 162 valence electrons. The van der Waals surface area contributed by atoms with Crippen LogP contribution >= 0.6 is 0 Å². The largest absolute Gasteiger partial charge is 0.493 e. The van der Waals surface area contributed by atoms with Crippen molar-refractivity contribution in [3.63, 3.8) is 0 Å². The van der Waals surface area contributed by atoms with Gasteiger partial charge in [0.15, 0.2) is 0 Å². The van der Waals surface area contributed by atoms with Gasteiger partial charge >= 0.3 is 0 Å². The lowest BCUT2D eigenvalue weighted by Gasteiger charge is -2.17. The van der Waals surface area contributed by atoms with Crippen molar-refractivity contribution in [1.82, 2.24) is 10.6 Å². The number of hydrogen-bond donors (Lipinski definition) is 2. The van der Waals surface area contributed by atoms with Crippen molar-refractivity contribution in [1.29, 1.82) is 0 Å². The van der Waals surface area contributed by atoms with Crippen LogP contribution in [0.3, 0.4) is 0 Å². The van der Waals surface area contributed by atoms with Crippen LogP contribution in [0.4, 0.5) is 0 Å². The first-order valence-corrected chi connectivity index (χ1v) is 10.5. The van der Waals surface area contributed by atoms with E-state index in [1.807, 2.05) is 67.6 Å². The molecule has 6 nitrogen and oxygen atoms in total. The van der Waals surface area contributed by atoms with E-state index in [-0.39, 0.29) is 18.4 Å². The standard InChI is InChI=1S/C26H24N2O4/c1-2-31-22-15-9-7-13-20(22)26(30)27-17-24(29)28-25(18-10-4-3-5-11-18)23-16-19-12-6-8-14-21(19)32-23/h3-16,25H,2,17H2,1H3,(H,27,30)(H,28,29). The van der Waals surface area contributed by atoms with Gasteiger partial charge in [-0.05, 0) is 36.8 Å². The minimum absolute atomic E-state index is 0.178. The van der Waals surface area contributed by atoms with E-state index < -0.39 is 6.04 Å². The molecule has 1 aromatic heterocycles. The molecule has 0 radical (unpaired) electrons. The smallest absolute Gasteiger partial charge is 0.255 e. The van der Waals surface area contributed by atoms with Crippen LogP contribution in [0.5, 0.6) is 5.75 Å². The van der Waals surface area contributed by atoms with Crippen molar-refractivity contribution < 1.29 is 18.7 Å². The summed E-state index contributed by atoms with van der Waals surface area (Å²) in [6.07, 6.45) is 0. The van der Waals surface area contributed by atoms with E-state index in [0.717, 1.165) is 16.5 Å². The fourth-order valence-corrected chi connectivity index (χ4v) is 3.51. The highest BCUT2D eigenvalue weighted by molar-refractivity contribution is 5.98. The quantitative estimate of drug-likeness (QED) is 0.434. The van der Waals surface area contributed by atoms with Crippen molar-refractivity contribution in [3.8, 4) is 5.75 Å². The van der Waals surface area contributed by atoms with Crippen LogP contribution in [-0.4, -0.2) is 25.0 Å². The van der Waals surface area contributed by atoms with E-state index >= 15 is 0 Å². The molecule has 4 rings (SSSR count). The lowest BCUT2D eigenvalue weighted by molar-refractivity contribution is -0.120. The fourth-order valence-electron chi connectivity index (χ4n) is 3.51. The maximum atomic E-state index is 12.8. The van der Waals surface area contributed by atoms with E-state index in [4.69, 9.17) is 9.15 Å². The lowest BCUT2D eigenvalue weighted by atomic mass is 10.0. The minimum Gasteiger partial charge on any atom is -0.493 e. The first-order chi connectivity index (χ1) is 15.7. The van der Waals surface area contributed by atoms with E-state index in [1.165, 1.54) is 0 Å². The zero-order valence-electron chi connectivity index (χ0n) is 17.7. The summed E-state index contributed by atoms with van der Waals surface area (Å²) < 4.78 is 11.5. The third kappa shape index (κ3) is 4.81. The van der Waals surface area contributed by atoms with Crippen molar-refractivity contribution in [2.75, 3.05) is 13.2 Å². The lowest BCUT2D eigenvalue weighted by Crippen LogP contribution is -2.39. The number of amides is 2. The first kappa shape index (κ1) is 21.2. The summed E-state index contributed by atoms with van der Waals surface area (Å²) in [7, 11) is 0. The van der Waals surface area contributed by atoms with Crippen molar-refractivity contribution in [2.24, 2.45) is 0 Å². The normalized spacial score (nSPS) is 11.7. The van der Waals surface area contributed by atoms with E-state index in [1.54, 1.807) is 24.3 Å². The number of fused-ring (bicyclic) bond motifs is 1. The molecular formula is C26H24N2O4. The minimum atomic E-state index is -0.483. The zero-order valence-corrected chi connectivity index (χ0v) is 17.7. The van der Waals surface area contributed by atoms with Gasteiger partial charge in [-0.15, -0.1) is 0 Å². The second kappa shape index (κ2) is 9.83.